The van der Waals surface area contributed by atoms with Gasteiger partial charge in [0.1, 0.15) is 0 Å². The number of hydrogen-bond donors (Lipinski definition) is 2. The fraction of sp³-hybridized carbons (Fsp3) is 0.250. The first-order valence-corrected chi connectivity index (χ1v) is 12.2. The molecular formula is C28H28ClN3O4. The Morgan fingerprint density at radius 1 is 1.03 bits per heavy atom. The van der Waals surface area contributed by atoms with E-state index in [0.717, 1.165) is 17.5 Å². The minimum atomic E-state index is -0.883. The number of carbonyl (C=O) groups is 3. The lowest BCUT2D eigenvalue weighted by Gasteiger charge is -2.24. The molecule has 1 saturated heterocycles. The van der Waals surface area contributed by atoms with Crippen molar-refractivity contribution in [3.63, 3.8) is 0 Å². The van der Waals surface area contributed by atoms with Gasteiger partial charge in [-0.05, 0) is 60.9 Å². The van der Waals surface area contributed by atoms with Gasteiger partial charge in [0.05, 0.1) is 6.54 Å². The van der Waals surface area contributed by atoms with Gasteiger partial charge >= 0.3 is 6.09 Å². The van der Waals surface area contributed by atoms with Crippen molar-refractivity contribution in [2.24, 2.45) is 0 Å². The third kappa shape index (κ3) is 5.86. The Hall–Kier alpha value is -3.84. The molecule has 0 aliphatic carbocycles. The summed E-state index contributed by atoms with van der Waals surface area (Å²) < 4.78 is 5.71. The first kappa shape index (κ1) is 25.3. The Morgan fingerprint density at radius 3 is 2.50 bits per heavy atom. The molecule has 4 rings (SSSR count). The molecule has 7 nitrogen and oxygen atoms in total. The highest BCUT2D eigenvalue weighted by molar-refractivity contribution is 6.30. The van der Waals surface area contributed by atoms with Crippen LogP contribution in [-0.2, 0) is 16.1 Å². The maximum atomic E-state index is 13.2. The van der Waals surface area contributed by atoms with Crippen LogP contribution in [0.2, 0.25) is 5.02 Å². The third-order valence-corrected chi connectivity index (χ3v) is 6.17. The van der Waals surface area contributed by atoms with E-state index in [1.54, 1.807) is 54.6 Å². The number of amides is 3. The summed E-state index contributed by atoms with van der Waals surface area (Å²) in [5.74, 6) is -0.556. The van der Waals surface area contributed by atoms with Gasteiger partial charge in [0.2, 0.25) is 5.91 Å². The summed E-state index contributed by atoms with van der Waals surface area (Å²) in [6.07, 6.45) is -0.678. The average Bonchev–Trinajstić information content (AvgIpc) is 3.19. The summed E-state index contributed by atoms with van der Waals surface area (Å²) in [7, 11) is 0. The molecule has 3 aromatic rings. The quantitative estimate of drug-likeness (QED) is 0.424. The molecule has 186 valence electrons. The minimum Gasteiger partial charge on any atom is -0.438 e. The minimum absolute atomic E-state index is 0.171. The predicted molar refractivity (Wildman–Crippen MR) is 139 cm³/mol. The molecule has 1 heterocycles. The monoisotopic (exact) mass is 505 g/mol. The lowest BCUT2D eigenvalue weighted by molar-refractivity contribution is -0.126. The van der Waals surface area contributed by atoms with E-state index in [1.165, 1.54) is 4.90 Å². The largest absolute Gasteiger partial charge is 0.438 e. The molecular weight excluding hydrogens is 478 g/mol. The maximum absolute atomic E-state index is 13.2. The topological polar surface area (TPSA) is 87.7 Å². The van der Waals surface area contributed by atoms with Crippen LogP contribution >= 0.6 is 11.6 Å². The van der Waals surface area contributed by atoms with E-state index in [-0.39, 0.29) is 18.4 Å². The molecule has 2 atom stereocenters. The number of aryl methyl sites for hydroxylation is 1. The highest BCUT2D eigenvalue weighted by atomic mass is 35.5. The summed E-state index contributed by atoms with van der Waals surface area (Å²) >= 11 is 6.12. The first-order chi connectivity index (χ1) is 17.4. The standard InChI is InChI=1S/C28H28ClN3O4/c1-3-14-30-27(34)24-25(36-28(35)32(24)17-19-6-4-8-22(29)15-19)21-7-5-9-23(16-21)31-26(33)20-12-10-18(2)11-13-20/h4-13,15-16,24-25H,3,14,17H2,1-2H3,(H,30,34)(H,31,33)/t24-,25+/m1/s1. The Labute approximate surface area is 215 Å². The Kier molecular flexibility index (Phi) is 7.90. The summed E-state index contributed by atoms with van der Waals surface area (Å²) in [5.41, 5.74) is 3.52. The van der Waals surface area contributed by atoms with E-state index >= 15 is 0 Å². The van der Waals surface area contributed by atoms with Crippen molar-refractivity contribution in [1.82, 2.24) is 10.2 Å². The van der Waals surface area contributed by atoms with Gasteiger partial charge in [0.15, 0.2) is 12.1 Å². The number of cyclic esters (lactones) is 1. The molecule has 3 amide bonds. The first-order valence-electron chi connectivity index (χ1n) is 11.8. The van der Waals surface area contributed by atoms with Crippen LogP contribution in [0.3, 0.4) is 0 Å². The summed E-state index contributed by atoms with van der Waals surface area (Å²) in [5, 5.41) is 6.31. The van der Waals surface area contributed by atoms with E-state index in [0.29, 0.717) is 28.4 Å². The summed E-state index contributed by atoms with van der Waals surface area (Å²) in [6.45, 7) is 4.56. The number of benzene rings is 3. The Bertz CT molecular complexity index is 1260. The third-order valence-electron chi connectivity index (χ3n) is 5.93. The van der Waals surface area contributed by atoms with Crippen LogP contribution in [0.4, 0.5) is 10.5 Å². The van der Waals surface area contributed by atoms with Crippen LogP contribution in [0.1, 0.15) is 46.5 Å². The molecule has 3 aromatic carbocycles. The lowest BCUT2D eigenvalue weighted by Crippen LogP contribution is -2.46. The molecule has 0 spiro atoms. The highest BCUT2D eigenvalue weighted by Crippen LogP contribution is 2.35. The summed E-state index contributed by atoms with van der Waals surface area (Å²) in [4.78, 5) is 40.2. The second kappa shape index (κ2) is 11.3. The van der Waals surface area contributed by atoms with Crippen LogP contribution in [-0.4, -0.2) is 35.4 Å². The molecule has 1 fully saturated rings. The average molecular weight is 506 g/mol. The molecule has 0 unspecified atom stereocenters. The van der Waals surface area contributed by atoms with E-state index in [1.807, 2.05) is 32.0 Å². The van der Waals surface area contributed by atoms with Gasteiger partial charge in [-0.15, -0.1) is 0 Å². The van der Waals surface area contributed by atoms with Crippen molar-refractivity contribution in [1.29, 1.82) is 0 Å². The van der Waals surface area contributed by atoms with Crippen molar-refractivity contribution in [2.75, 3.05) is 11.9 Å². The van der Waals surface area contributed by atoms with Gasteiger partial charge in [0.25, 0.3) is 5.91 Å². The van der Waals surface area contributed by atoms with Gasteiger partial charge in [0, 0.05) is 22.8 Å². The van der Waals surface area contributed by atoms with Gasteiger partial charge in [-0.25, -0.2) is 4.79 Å². The number of ether oxygens (including phenoxy) is 1. The second-order valence-corrected chi connectivity index (χ2v) is 9.18. The van der Waals surface area contributed by atoms with Crippen molar-refractivity contribution >= 4 is 35.2 Å². The maximum Gasteiger partial charge on any atom is 0.411 e. The smallest absolute Gasteiger partial charge is 0.411 e. The number of halogens is 1. The molecule has 0 bridgehead atoms. The Balaban J connectivity index is 1.59. The van der Waals surface area contributed by atoms with Gasteiger partial charge in [-0.2, -0.15) is 0 Å². The van der Waals surface area contributed by atoms with E-state index in [4.69, 9.17) is 16.3 Å². The number of carbonyl (C=O) groups excluding carboxylic acids is 3. The SMILES string of the molecule is CCCNC(=O)[C@H]1[C@H](c2cccc(NC(=O)c3ccc(C)cc3)c2)OC(=O)N1Cc1cccc(Cl)c1. The normalized spacial score (nSPS) is 17.0. The molecule has 1 aliphatic rings. The van der Waals surface area contributed by atoms with Crippen LogP contribution < -0.4 is 10.6 Å². The fourth-order valence-electron chi connectivity index (χ4n) is 4.10. The lowest BCUT2D eigenvalue weighted by atomic mass is 10.00. The van der Waals surface area contributed by atoms with Crippen molar-refractivity contribution in [2.45, 2.75) is 39.0 Å². The van der Waals surface area contributed by atoms with Crippen LogP contribution in [0, 0.1) is 6.92 Å². The zero-order valence-electron chi connectivity index (χ0n) is 20.2. The van der Waals surface area contributed by atoms with E-state index in [2.05, 4.69) is 10.6 Å². The van der Waals surface area contributed by atoms with Crippen LogP contribution in [0.5, 0.6) is 0 Å². The number of nitrogens with zero attached hydrogens (tertiary/aromatic N) is 1. The zero-order chi connectivity index (χ0) is 25.7. The van der Waals surface area contributed by atoms with Gasteiger partial charge in [-0.1, -0.05) is 60.5 Å². The van der Waals surface area contributed by atoms with E-state index < -0.39 is 18.2 Å². The predicted octanol–water partition coefficient (Wildman–Crippen LogP) is 5.49. The van der Waals surface area contributed by atoms with Gasteiger partial charge < -0.3 is 15.4 Å². The van der Waals surface area contributed by atoms with Crippen molar-refractivity contribution in [3.05, 3.63) is 100 Å². The number of hydrogen-bond acceptors (Lipinski definition) is 4. The van der Waals surface area contributed by atoms with Crippen molar-refractivity contribution < 1.29 is 19.1 Å². The molecule has 1 aliphatic heterocycles. The van der Waals surface area contributed by atoms with Crippen LogP contribution in [0.15, 0.2) is 72.8 Å². The summed E-state index contributed by atoms with van der Waals surface area (Å²) in [6, 6.07) is 20.5. The highest BCUT2D eigenvalue weighted by Gasteiger charge is 2.47. The zero-order valence-corrected chi connectivity index (χ0v) is 20.9. The fourth-order valence-corrected chi connectivity index (χ4v) is 4.31. The molecule has 36 heavy (non-hydrogen) atoms. The molecule has 0 aromatic heterocycles. The number of anilines is 1. The Morgan fingerprint density at radius 2 is 1.78 bits per heavy atom. The molecule has 8 heteroatoms. The molecule has 0 radical (unpaired) electrons. The molecule has 0 saturated carbocycles. The van der Waals surface area contributed by atoms with E-state index in [9.17, 15) is 14.4 Å². The van der Waals surface area contributed by atoms with Crippen molar-refractivity contribution in [3.8, 4) is 0 Å². The number of nitrogens with one attached hydrogen (secondary N) is 2. The second-order valence-electron chi connectivity index (χ2n) is 8.74. The number of rotatable bonds is 8. The van der Waals surface area contributed by atoms with Gasteiger partial charge in [-0.3, -0.25) is 14.5 Å². The van der Waals surface area contributed by atoms with Crippen LogP contribution in [0.25, 0.3) is 0 Å². The molecule has 2 N–H and O–H groups in total.